The molecule has 0 aliphatic heterocycles. The molecule has 0 aromatic carbocycles. The zero-order chi connectivity index (χ0) is 27.7. The molecule has 1 nitrogen and oxygen atoms in total. The SMILES string of the molecule is CC(F)(OC(C)(F)C(F)(F)C(F)(F)C(F)(F)C(F)(F)F)C(F)(F)C(F)(F)C(F)(F)C(F)(F)F. The zero-order valence-corrected chi connectivity index (χ0v) is 15.0. The quantitative estimate of drug-likeness (QED) is 0.291. The highest BCUT2D eigenvalue weighted by molar-refractivity contribution is 5.09. The molecule has 0 saturated heterocycles. The number of ether oxygens (including phenoxy) is 1. The van der Waals surface area contributed by atoms with Gasteiger partial charge in [0, 0.05) is 13.8 Å². The van der Waals surface area contributed by atoms with Crippen molar-refractivity contribution in [2.75, 3.05) is 0 Å². The molecule has 0 aliphatic rings. The average Bonchev–Trinajstić information content (AvgIpc) is 2.50. The standard InChI is InChI=1S/C12H6F20O/c1-3(13,5(15,16)7(19,20)9(23,24)11(27,28)29)33-4(2,14)6(17,18)8(21,22)10(25,26)12(30,31)32/h1-2H3. The molecule has 0 amide bonds. The molecule has 0 bridgehead atoms. The van der Waals surface area contributed by atoms with Gasteiger partial charge in [-0.3, -0.25) is 4.74 Å². The monoisotopic (exact) mass is 546 g/mol. The van der Waals surface area contributed by atoms with Crippen LogP contribution in [0.25, 0.3) is 0 Å². The van der Waals surface area contributed by atoms with E-state index in [0.717, 1.165) is 0 Å². The summed E-state index contributed by atoms with van der Waals surface area (Å²) >= 11 is 0. The third kappa shape index (κ3) is 4.25. The molecule has 0 rings (SSSR count). The van der Waals surface area contributed by atoms with Crippen molar-refractivity contribution in [3.05, 3.63) is 0 Å². The third-order valence-electron chi connectivity index (χ3n) is 3.79. The summed E-state index contributed by atoms with van der Waals surface area (Å²) in [5.41, 5.74) is 0. The van der Waals surface area contributed by atoms with Crippen molar-refractivity contribution in [2.24, 2.45) is 0 Å². The van der Waals surface area contributed by atoms with Gasteiger partial charge in [0.25, 0.3) is 11.7 Å². The highest BCUT2D eigenvalue weighted by Crippen LogP contribution is 2.61. The van der Waals surface area contributed by atoms with Gasteiger partial charge in [-0.1, -0.05) is 0 Å². The highest BCUT2D eigenvalue weighted by atomic mass is 19.4. The van der Waals surface area contributed by atoms with E-state index < -0.39 is 73.4 Å². The minimum Gasteiger partial charge on any atom is -0.298 e. The Kier molecular flexibility index (Phi) is 7.20. The molecule has 0 aromatic heterocycles. The normalized spacial score (nSPS) is 19.8. The Balaban J connectivity index is 6.59. The molecule has 33 heavy (non-hydrogen) atoms. The molecular formula is C12H6F20O. The van der Waals surface area contributed by atoms with Crippen LogP contribution in [0.3, 0.4) is 0 Å². The fraction of sp³-hybridized carbons (Fsp3) is 1.00. The van der Waals surface area contributed by atoms with E-state index in [2.05, 4.69) is 4.74 Å². The topological polar surface area (TPSA) is 9.23 Å². The van der Waals surface area contributed by atoms with Gasteiger partial charge in [0.15, 0.2) is 0 Å². The van der Waals surface area contributed by atoms with Crippen LogP contribution in [0.2, 0.25) is 0 Å². The largest absolute Gasteiger partial charge is 0.460 e. The lowest BCUT2D eigenvalue weighted by atomic mass is 9.95. The average molecular weight is 546 g/mol. The number of halogens is 20. The first-order valence-corrected chi connectivity index (χ1v) is 7.19. The zero-order valence-electron chi connectivity index (χ0n) is 15.0. The van der Waals surface area contributed by atoms with Gasteiger partial charge in [-0.25, -0.2) is 8.78 Å². The molecule has 2 atom stereocenters. The minimum absolute atomic E-state index is 1.50. The third-order valence-corrected chi connectivity index (χ3v) is 3.79. The van der Waals surface area contributed by atoms with Gasteiger partial charge in [0.1, 0.15) is 0 Å². The molecule has 0 N–H and O–H groups in total. The van der Waals surface area contributed by atoms with Gasteiger partial charge >= 0.3 is 47.9 Å². The molecule has 0 aliphatic carbocycles. The Bertz CT molecular complexity index is 650. The second-order valence-electron chi connectivity index (χ2n) is 6.38. The van der Waals surface area contributed by atoms with E-state index in [0.29, 0.717) is 0 Å². The molecule has 0 heterocycles. The summed E-state index contributed by atoms with van der Waals surface area (Å²) in [7, 11) is 0. The first kappa shape index (κ1) is 31.6. The van der Waals surface area contributed by atoms with Crippen LogP contribution >= 0.6 is 0 Å². The van der Waals surface area contributed by atoms with Gasteiger partial charge < -0.3 is 0 Å². The number of hydrogen-bond acceptors (Lipinski definition) is 1. The van der Waals surface area contributed by atoms with Crippen LogP contribution in [0.15, 0.2) is 0 Å². The Labute approximate surface area is 167 Å². The summed E-state index contributed by atoms with van der Waals surface area (Å²) in [6, 6.07) is 0. The number of hydrogen-bond donors (Lipinski definition) is 0. The van der Waals surface area contributed by atoms with Gasteiger partial charge in [0.2, 0.25) is 0 Å². The van der Waals surface area contributed by atoms with Crippen LogP contribution in [0.4, 0.5) is 87.8 Å². The first-order valence-electron chi connectivity index (χ1n) is 7.19. The van der Waals surface area contributed by atoms with Crippen LogP contribution in [0.5, 0.6) is 0 Å². The fourth-order valence-corrected chi connectivity index (χ4v) is 1.80. The summed E-state index contributed by atoms with van der Waals surface area (Å²) in [6.45, 7) is -3.00. The second-order valence-corrected chi connectivity index (χ2v) is 6.38. The molecule has 0 spiro atoms. The first-order chi connectivity index (χ1) is 13.7. The van der Waals surface area contributed by atoms with Gasteiger partial charge in [0.05, 0.1) is 0 Å². The van der Waals surface area contributed by atoms with Crippen molar-refractivity contribution in [3.63, 3.8) is 0 Å². The Morgan fingerprint density at radius 1 is 0.303 bits per heavy atom. The van der Waals surface area contributed by atoms with Gasteiger partial charge in [-0.2, -0.15) is 79.0 Å². The van der Waals surface area contributed by atoms with Crippen LogP contribution in [-0.4, -0.2) is 59.6 Å². The maximum atomic E-state index is 13.8. The van der Waals surface area contributed by atoms with E-state index in [1.165, 1.54) is 0 Å². The van der Waals surface area contributed by atoms with Crippen LogP contribution < -0.4 is 0 Å². The Morgan fingerprint density at radius 3 is 0.636 bits per heavy atom. The molecule has 2 unspecified atom stereocenters. The van der Waals surface area contributed by atoms with E-state index >= 15 is 0 Å². The minimum atomic E-state index is -8.06. The lowest BCUT2D eigenvalue weighted by Gasteiger charge is -2.44. The van der Waals surface area contributed by atoms with Crippen molar-refractivity contribution in [3.8, 4) is 0 Å². The Morgan fingerprint density at radius 2 is 0.485 bits per heavy atom. The fourth-order valence-electron chi connectivity index (χ4n) is 1.80. The Hall–Kier alpha value is -1.44. The number of alkyl halides is 20. The smallest absolute Gasteiger partial charge is 0.298 e. The van der Waals surface area contributed by atoms with Crippen molar-refractivity contribution in [2.45, 2.75) is 73.4 Å². The van der Waals surface area contributed by atoms with Gasteiger partial charge in [-0.15, -0.1) is 0 Å². The summed E-state index contributed by atoms with van der Waals surface area (Å²) < 4.78 is 259. The highest BCUT2D eigenvalue weighted by Gasteiger charge is 2.89. The van der Waals surface area contributed by atoms with Crippen molar-refractivity contribution in [1.29, 1.82) is 0 Å². The predicted molar refractivity (Wildman–Crippen MR) is 61.9 cm³/mol. The molecule has 200 valence electrons. The summed E-state index contributed by atoms with van der Waals surface area (Å²) in [5.74, 6) is -60.8. The van der Waals surface area contributed by atoms with Crippen LogP contribution in [0, 0.1) is 0 Å². The number of rotatable bonds is 8. The summed E-state index contributed by atoms with van der Waals surface area (Å²) in [5, 5.41) is 0. The predicted octanol–water partition coefficient (Wildman–Crippen LogP) is 7.31. The van der Waals surface area contributed by atoms with Crippen molar-refractivity contribution in [1.82, 2.24) is 0 Å². The van der Waals surface area contributed by atoms with E-state index in [1.54, 1.807) is 0 Å². The van der Waals surface area contributed by atoms with Crippen LogP contribution in [0.1, 0.15) is 13.8 Å². The van der Waals surface area contributed by atoms with E-state index in [-0.39, 0.29) is 0 Å². The maximum absolute atomic E-state index is 13.8. The lowest BCUT2D eigenvalue weighted by molar-refractivity contribution is -0.475. The lowest BCUT2D eigenvalue weighted by Crippen LogP contribution is -2.71. The van der Waals surface area contributed by atoms with E-state index in [1.807, 2.05) is 0 Å². The maximum Gasteiger partial charge on any atom is 0.460 e. The summed E-state index contributed by atoms with van der Waals surface area (Å²) in [4.78, 5) is 0. The van der Waals surface area contributed by atoms with E-state index in [9.17, 15) is 87.8 Å². The second kappa shape index (κ2) is 7.53. The van der Waals surface area contributed by atoms with Gasteiger partial charge in [-0.05, 0) is 0 Å². The van der Waals surface area contributed by atoms with E-state index in [4.69, 9.17) is 0 Å². The molecule has 0 fully saturated rings. The molecule has 21 heteroatoms. The van der Waals surface area contributed by atoms with Crippen molar-refractivity contribution >= 4 is 0 Å². The van der Waals surface area contributed by atoms with Crippen LogP contribution in [-0.2, 0) is 4.74 Å². The summed E-state index contributed by atoms with van der Waals surface area (Å²) in [6.07, 6.45) is -15.3. The molecule has 0 radical (unpaired) electrons. The molecular weight excluding hydrogens is 540 g/mol. The molecule has 0 aromatic rings. The van der Waals surface area contributed by atoms with Crippen molar-refractivity contribution < 1.29 is 92.5 Å². The molecule has 0 saturated carbocycles.